The Morgan fingerprint density at radius 2 is 2.00 bits per heavy atom. The van der Waals surface area contributed by atoms with Crippen molar-refractivity contribution < 1.29 is 19.0 Å². The van der Waals surface area contributed by atoms with Gasteiger partial charge in [0.2, 0.25) is 5.91 Å². The minimum absolute atomic E-state index is 0.0736. The number of hydrogen-bond acceptors (Lipinski definition) is 4. The molecule has 1 aliphatic rings. The average molecular weight is 335 g/mol. The number of methoxy groups -OCH3 is 2. The predicted molar refractivity (Wildman–Crippen MR) is 93.4 cm³/mol. The van der Waals surface area contributed by atoms with Gasteiger partial charge in [0.25, 0.3) is 0 Å². The molecule has 1 saturated heterocycles. The van der Waals surface area contributed by atoms with E-state index in [9.17, 15) is 4.79 Å². The largest absolute Gasteiger partial charge is 0.496 e. The van der Waals surface area contributed by atoms with Gasteiger partial charge in [-0.3, -0.25) is 4.79 Å². The molecule has 2 rings (SSSR count). The standard InChI is InChI=1S/C19H29NO4/c1-18(2)13-20(11-14(24-18)12-22-5)17(21)19(3,4)15-9-7-8-10-16(15)23-6/h7-10,14H,11-13H2,1-6H3. The lowest BCUT2D eigenvalue weighted by Gasteiger charge is -2.45. The van der Waals surface area contributed by atoms with Crippen LogP contribution < -0.4 is 4.74 Å². The maximum absolute atomic E-state index is 13.3. The second-order valence-corrected chi connectivity index (χ2v) is 7.47. The van der Waals surface area contributed by atoms with Gasteiger partial charge in [-0.25, -0.2) is 0 Å². The van der Waals surface area contributed by atoms with Crippen molar-refractivity contribution >= 4 is 5.91 Å². The maximum atomic E-state index is 13.3. The Labute approximate surface area is 144 Å². The number of para-hydroxylation sites is 1. The van der Waals surface area contributed by atoms with Crippen LogP contribution >= 0.6 is 0 Å². The number of hydrogen-bond donors (Lipinski definition) is 0. The van der Waals surface area contributed by atoms with Crippen LogP contribution in [-0.2, 0) is 19.7 Å². The Balaban J connectivity index is 2.28. The van der Waals surface area contributed by atoms with E-state index in [2.05, 4.69) is 0 Å². The first-order chi connectivity index (χ1) is 11.2. The first-order valence-electron chi connectivity index (χ1n) is 8.31. The fraction of sp³-hybridized carbons (Fsp3) is 0.632. The van der Waals surface area contributed by atoms with Crippen LogP contribution in [0.1, 0.15) is 33.3 Å². The minimum atomic E-state index is -0.683. The zero-order chi connectivity index (χ0) is 18.0. The molecule has 24 heavy (non-hydrogen) atoms. The zero-order valence-electron chi connectivity index (χ0n) is 15.6. The summed E-state index contributed by atoms with van der Waals surface area (Å²) in [4.78, 5) is 15.2. The van der Waals surface area contributed by atoms with Gasteiger partial charge in [-0.15, -0.1) is 0 Å². The third-order valence-electron chi connectivity index (χ3n) is 4.44. The van der Waals surface area contributed by atoms with Gasteiger partial charge in [-0.05, 0) is 33.8 Å². The lowest BCUT2D eigenvalue weighted by Crippen LogP contribution is -2.58. The number of carbonyl (C=O) groups excluding carboxylic acids is 1. The zero-order valence-corrected chi connectivity index (χ0v) is 15.6. The van der Waals surface area contributed by atoms with E-state index in [0.717, 1.165) is 11.3 Å². The maximum Gasteiger partial charge on any atom is 0.232 e. The van der Waals surface area contributed by atoms with E-state index in [4.69, 9.17) is 14.2 Å². The van der Waals surface area contributed by atoms with E-state index in [1.165, 1.54) is 0 Å². The number of benzene rings is 1. The van der Waals surface area contributed by atoms with Crippen molar-refractivity contribution in [3.63, 3.8) is 0 Å². The van der Waals surface area contributed by atoms with Gasteiger partial charge in [0, 0.05) is 25.8 Å². The van der Waals surface area contributed by atoms with Gasteiger partial charge in [-0.2, -0.15) is 0 Å². The highest BCUT2D eigenvalue weighted by molar-refractivity contribution is 5.88. The summed E-state index contributed by atoms with van der Waals surface area (Å²) in [6, 6.07) is 7.69. The molecule has 1 amide bonds. The summed E-state index contributed by atoms with van der Waals surface area (Å²) in [5.41, 5.74) is -0.184. The molecule has 1 aromatic rings. The normalized spacial score (nSPS) is 20.8. The SMILES string of the molecule is COCC1CN(C(=O)C(C)(C)c2ccccc2OC)CC(C)(C)O1. The van der Waals surface area contributed by atoms with Crippen LogP contribution in [0.15, 0.2) is 24.3 Å². The third-order valence-corrected chi connectivity index (χ3v) is 4.44. The summed E-state index contributed by atoms with van der Waals surface area (Å²) in [6.07, 6.45) is -0.115. The number of morpholine rings is 1. The number of ether oxygens (including phenoxy) is 3. The van der Waals surface area contributed by atoms with Gasteiger partial charge < -0.3 is 19.1 Å². The molecule has 0 N–H and O–H groups in total. The van der Waals surface area contributed by atoms with E-state index in [1.807, 2.05) is 56.9 Å². The Hall–Kier alpha value is -1.59. The summed E-state index contributed by atoms with van der Waals surface area (Å²) >= 11 is 0. The lowest BCUT2D eigenvalue weighted by atomic mass is 9.82. The van der Waals surface area contributed by atoms with Gasteiger partial charge >= 0.3 is 0 Å². The fourth-order valence-corrected chi connectivity index (χ4v) is 3.39. The molecular formula is C19H29NO4. The number of amides is 1. The van der Waals surface area contributed by atoms with Gasteiger partial charge in [-0.1, -0.05) is 18.2 Å². The molecule has 1 heterocycles. The number of nitrogens with zero attached hydrogens (tertiary/aromatic N) is 1. The van der Waals surface area contributed by atoms with E-state index >= 15 is 0 Å². The van der Waals surface area contributed by atoms with Crippen LogP contribution in [0.25, 0.3) is 0 Å². The Kier molecular flexibility index (Phi) is 5.56. The van der Waals surface area contributed by atoms with Crippen LogP contribution in [0.2, 0.25) is 0 Å². The molecule has 0 aliphatic carbocycles. The smallest absolute Gasteiger partial charge is 0.232 e. The Morgan fingerprint density at radius 3 is 2.62 bits per heavy atom. The van der Waals surface area contributed by atoms with Gasteiger partial charge in [0.1, 0.15) is 5.75 Å². The van der Waals surface area contributed by atoms with Crippen molar-refractivity contribution in [1.82, 2.24) is 4.90 Å². The molecular weight excluding hydrogens is 306 g/mol. The van der Waals surface area contributed by atoms with E-state index in [-0.39, 0.29) is 12.0 Å². The lowest BCUT2D eigenvalue weighted by molar-refractivity contribution is -0.172. The van der Waals surface area contributed by atoms with Crippen molar-refractivity contribution in [2.45, 2.75) is 44.8 Å². The highest BCUT2D eigenvalue weighted by Gasteiger charge is 2.42. The third kappa shape index (κ3) is 3.90. The molecule has 0 spiro atoms. The van der Waals surface area contributed by atoms with Crippen LogP contribution in [0.3, 0.4) is 0 Å². The summed E-state index contributed by atoms with van der Waals surface area (Å²) in [5.74, 6) is 0.807. The molecule has 1 aromatic carbocycles. The highest BCUT2D eigenvalue weighted by Crippen LogP contribution is 2.34. The quantitative estimate of drug-likeness (QED) is 0.830. The molecule has 1 atom stereocenters. The van der Waals surface area contributed by atoms with Crippen molar-refractivity contribution in [3.05, 3.63) is 29.8 Å². The van der Waals surface area contributed by atoms with Crippen molar-refractivity contribution in [1.29, 1.82) is 0 Å². The van der Waals surface area contributed by atoms with E-state index in [0.29, 0.717) is 19.7 Å². The van der Waals surface area contributed by atoms with Crippen LogP contribution in [0.4, 0.5) is 0 Å². The molecule has 134 valence electrons. The summed E-state index contributed by atoms with van der Waals surface area (Å²) < 4.78 is 16.7. The van der Waals surface area contributed by atoms with E-state index in [1.54, 1.807) is 14.2 Å². The molecule has 1 aliphatic heterocycles. The van der Waals surface area contributed by atoms with Gasteiger partial charge in [0.15, 0.2) is 0 Å². The Bertz CT molecular complexity index is 582. The van der Waals surface area contributed by atoms with E-state index < -0.39 is 11.0 Å². The first-order valence-corrected chi connectivity index (χ1v) is 8.31. The topological polar surface area (TPSA) is 48.0 Å². The van der Waals surface area contributed by atoms with Crippen molar-refractivity contribution in [3.8, 4) is 5.75 Å². The summed E-state index contributed by atoms with van der Waals surface area (Å²) in [7, 11) is 3.28. The second-order valence-electron chi connectivity index (χ2n) is 7.47. The molecule has 1 unspecified atom stereocenters. The molecule has 0 saturated carbocycles. The molecule has 0 bridgehead atoms. The molecule has 0 radical (unpaired) electrons. The van der Waals surface area contributed by atoms with Gasteiger partial charge in [0.05, 0.1) is 30.8 Å². The number of carbonyl (C=O) groups is 1. The van der Waals surface area contributed by atoms with Crippen molar-refractivity contribution in [2.24, 2.45) is 0 Å². The molecule has 5 nitrogen and oxygen atoms in total. The van der Waals surface area contributed by atoms with Crippen molar-refractivity contribution in [2.75, 3.05) is 33.9 Å². The first kappa shape index (κ1) is 18.7. The van der Waals surface area contributed by atoms with Crippen LogP contribution in [0, 0.1) is 0 Å². The minimum Gasteiger partial charge on any atom is -0.496 e. The Morgan fingerprint density at radius 1 is 1.33 bits per heavy atom. The van der Waals surface area contributed by atoms with Crippen LogP contribution in [0.5, 0.6) is 5.75 Å². The highest BCUT2D eigenvalue weighted by atomic mass is 16.5. The summed E-state index contributed by atoms with van der Waals surface area (Å²) in [6.45, 7) is 9.47. The summed E-state index contributed by atoms with van der Waals surface area (Å²) in [5, 5.41) is 0. The molecule has 0 aromatic heterocycles. The monoisotopic (exact) mass is 335 g/mol. The molecule has 1 fully saturated rings. The van der Waals surface area contributed by atoms with Crippen LogP contribution in [-0.4, -0.2) is 56.4 Å². The average Bonchev–Trinajstić information content (AvgIpc) is 2.52. The predicted octanol–water partition coefficient (Wildman–Crippen LogP) is 2.63. The fourth-order valence-electron chi connectivity index (χ4n) is 3.39. The number of rotatable bonds is 5. The molecule has 5 heteroatoms. The second kappa shape index (κ2) is 7.11.